The monoisotopic (exact) mass is 320 g/mol. The number of rotatable bonds is 6. The fourth-order valence-electron chi connectivity index (χ4n) is 3.29. The summed E-state index contributed by atoms with van der Waals surface area (Å²) in [4.78, 5) is 14.6. The molecule has 1 atom stereocenters. The quantitative estimate of drug-likeness (QED) is 0.842. The Morgan fingerprint density at radius 1 is 1.43 bits per heavy atom. The van der Waals surface area contributed by atoms with E-state index in [1.807, 2.05) is 6.07 Å². The van der Waals surface area contributed by atoms with Crippen LogP contribution in [0.2, 0.25) is 0 Å². The normalized spacial score (nSPS) is 23.5. The topological polar surface area (TPSA) is 52.6 Å². The molecule has 4 nitrogen and oxygen atoms in total. The Balaban J connectivity index is 1.50. The van der Waals surface area contributed by atoms with Gasteiger partial charge in [0.2, 0.25) is 5.91 Å². The highest BCUT2D eigenvalue weighted by Crippen LogP contribution is 2.44. The van der Waals surface area contributed by atoms with Gasteiger partial charge in [-0.05, 0) is 49.9 Å². The third kappa shape index (κ3) is 4.30. The molecular formula is C18H25FN2O2. The maximum Gasteiger partial charge on any atom is 0.224 e. The molecule has 1 aliphatic heterocycles. The number of nitrogens with zero attached hydrogens (tertiary/aromatic N) is 1. The number of aliphatic hydroxyl groups excluding tert-OH is 1. The molecular weight excluding hydrogens is 295 g/mol. The van der Waals surface area contributed by atoms with Crippen molar-refractivity contribution in [1.29, 1.82) is 0 Å². The Bertz CT molecular complexity index is 560. The van der Waals surface area contributed by atoms with Crippen molar-refractivity contribution >= 4 is 5.91 Å². The maximum absolute atomic E-state index is 13.3. The molecule has 0 spiro atoms. The number of aliphatic hydroxyl groups is 1. The standard InChI is InChI=1S/C18H25FN2O2/c19-16-5-1-3-14(9-16)10-21-8-2-4-15(11-21)17(23)20-12-18(13-22)6-7-18/h1,3,5,9,15,22H,2,4,6-8,10-13H2,(H,20,23). The lowest BCUT2D eigenvalue weighted by Gasteiger charge is -2.32. The summed E-state index contributed by atoms with van der Waals surface area (Å²) in [6, 6.07) is 6.65. The fraction of sp³-hybridized carbons (Fsp3) is 0.611. The van der Waals surface area contributed by atoms with Crippen molar-refractivity contribution in [1.82, 2.24) is 10.2 Å². The summed E-state index contributed by atoms with van der Waals surface area (Å²) >= 11 is 0. The zero-order valence-corrected chi connectivity index (χ0v) is 13.4. The highest BCUT2D eigenvalue weighted by atomic mass is 19.1. The van der Waals surface area contributed by atoms with Crippen LogP contribution < -0.4 is 5.32 Å². The highest BCUT2D eigenvalue weighted by molar-refractivity contribution is 5.79. The van der Waals surface area contributed by atoms with Crippen molar-refractivity contribution in [2.45, 2.75) is 32.2 Å². The second kappa shape index (κ2) is 6.97. The molecule has 1 aromatic carbocycles. The highest BCUT2D eigenvalue weighted by Gasteiger charge is 2.42. The Morgan fingerprint density at radius 3 is 2.96 bits per heavy atom. The van der Waals surface area contributed by atoms with Crippen LogP contribution in [-0.2, 0) is 11.3 Å². The number of carbonyl (C=O) groups is 1. The van der Waals surface area contributed by atoms with E-state index in [1.54, 1.807) is 12.1 Å². The average molecular weight is 320 g/mol. The zero-order chi connectivity index (χ0) is 16.3. The van der Waals surface area contributed by atoms with Gasteiger partial charge in [0.1, 0.15) is 5.82 Å². The molecule has 1 unspecified atom stereocenters. The van der Waals surface area contributed by atoms with E-state index in [0.717, 1.165) is 37.8 Å². The lowest BCUT2D eigenvalue weighted by Crippen LogP contribution is -2.44. The van der Waals surface area contributed by atoms with Gasteiger partial charge in [-0.3, -0.25) is 9.69 Å². The van der Waals surface area contributed by atoms with E-state index in [2.05, 4.69) is 10.2 Å². The van der Waals surface area contributed by atoms with Crippen molar-refractivity contribution in [3.63, 3.8) is 0 Å². The van der Waals surface area contributed by atoms with E-state index in [4.69, 9.17) is 0 Å². The van der Waals surface area contributed by atoms with Crippen LogP contribution in [0, 0.1) is 17.2 Å². The molecule has 1 aliphatic carbocycles. The van der Waals surface area contributed by atoms with Crippen LogP contribution >= 0.6 is 0 Å². The maximum atomic E-state index is 13.3. The van der Waals surface area contributed by atoms with Gasteiger partial charge in [0.05, 0.1) is 12.5 Å². The van der Waals surface area contributed by atoms with Crippen molar-refractivity contribution < 1.29 is 14.3 Å². The van der Waals surface area contributed by atoms with E-state index in [9.17, 15) is 14.3 Å². The Labute approximate surface area is 136 Å². The third-order valence-corrected chi connectivity index (χ3v) is 5.10. The molecule has 1 heterocycles. The molecule has 23 heavy (non-hydrogen) atoms. The molecule has 0 aromatic heterocycles. The third-order valence-electron chi connectivity index (χ3n) is 5.10. The number of hydrogen-bond donors (Lipinski definition) is 2. The number of likely N-dealkylation sites (tertiary alicyclic amines) is 1. The molecule has 2 N–H and O–H groups in total. The minimum absolute atomic E-state index is 0.00759. The van der Waals surface area contributed by atoms with Crippen molar-refractivity contribution in [2.75, 3.05) is 26.2 Å². The van der Waals surface area contributed by atoms with Gasteiger partial charge in [-0.15, -0.1) is 0 Å². The molecule has 1 saturated carbocycles. The molecule has 1 saturated heterocycles. The van der Waals surface area contributed by atoms with Gasteiger partial charge in [-0.25, -0.2) is 4.39 Å². The first-order chi connectivity index (χ1) is 11.1. The lowest BCUT2D eigenvalue weighted by molar-refractivity contribution is -0.127. The minimum atomic E-state index is -0.215. The molecule has 3 rings (SSSR count). The molecule has 2 aliphatic rings. The average Bonchev–Trinajstić information content (AvgIpc) is 3.33. The summed E-state index contributed by atoms with van der Waals surface area (Å²) in [5, 5.41) is 12.3. The molecule has 2 fully saturated rings. The van der Waals surface area contributed by atoms with Crippen molar-refractivity contribution in [3.05, 3.63) is 35.6 Å². The van der Waals surface area contributed by atoms with E-state index in [0.29, 0.717) is 19.6 Å². The second-order valence-electron chi connectivity index (χ2n) is 7.08. The number of piperidine rings is 1. The first kappa shape index (κ1) is 16.4. The van der Waals surface area contributed by atoms with E-state index < -0.39 is 0 Å². The summed E-state index contributed by atoms with van der Waals surface area (Å²) in [7, 11) is 0. The molecule has 5 heteroatoms. The van der Waals surface area contributed by atoms with Crippen molar-refractivity contribution in [3.8, 4) is 0 Å². The molecule has 1 aromatic rings. The van der Waals surface area contributed by atoms with Crippen LogP contribution in [0.25, 0.3) is 0 Å². The first-order valence-electron chi connectivity index (χ1n) is 8.46. The number of benzene rings is 1. The number of carbonyl (C=O) groups excluding carboxylic acids is 1. The van der Waals surface area contributed by atoms with Crippen LogP contribution in [-0.4, -0.2) is 42.2 Å². The fourth-order valence-corrected chi connectivity index (χ4v) is 3.29. The summed E-state index contributed by atoms with van der Waals surface area (Å²) < 4.78 is 13.3. The lowest BCUT2D eigenvalue weighted by atomic mass is 9.96. The Morgan fingerprint density at radius 2 is 2.26 bits per heavy atom. The summed E-state index contributed by atoms with van der Waals surface area (Å²) in [6.45, 7) is 3.09. The molecule has 126 valence electrons. The van der Waals surface area contributed by atoms with Crippen molar-refractivity contribution in [2.24, 2.45) is 11.3 Å². The Hall–Kier alpha value is -1.46. The van der Waals surface area contributed by atoms with Gasteiger partial charge in [0.15, 0.2) is 0 Å². The van der Waals surface area contributed by atoms with Gasteiger partial charge in [0, 0.05) is 25.0 Å². The molecule has 0 bridgehead atoms. The minimum Gasteiger partial charge on any atom is -0.396 e. The van der Waals surface area contributed by atoms with E-state index >= 15 is 0 Å². The smallest absolute Gasteiger partial charge is 0.224 e. The molecule has 1 amide bonds. The number of amides is 1. The zero-order valence-electron chi connectivity index (χ0n) is 13.4. The summed E-state index contributed by atoms with van der Waals surface area (Å²) in [5.41, 5.74) is 0.897. The van der Waals surface area contributed by atoms with E-state index in [1.165, 1.54) is 6.07 Å². The number of halogens is 1. The number of nitrogens with one attached hydrogen (secondary N) is 1. The van der Waals surface area contributed by atoms with Gasteiger partial charge in [-0.1, -0.05) is 12.1 Å². The first-order valence-corrected chi connectivity index (χ1v) is 8.46. The van der Waals surface area contributed by atoms with Crippen LogP contribution in [0.5, 0.6) is 0 Å². The summed E-state index contributed by atoms with van der Waals surface area (Å²) in [6.07, 6.45) is 3.89. The largest absolute Gasteiger partial charge is 0.396 e. The summed E-state index contributed by atoms with van der Waals surface area (Å²) in [5.74, 6) is -0.131. The van der Waals surface area contributed by atoms with Crippen LogP contribution in [0.4, 0.5) is 4.39 Å². The predicted molar refractivity (Wildman–Crippen MR) is 86.2 cm³/mol. The van der Waals surface area contributed by atoms with E-state index in [-0.39, 0.29) is 29.7 Å². The van der Waals surface area contributed by atoms with Crippen LogP contribution in [0.15, 0.2) is 24.3 Å². The van der Waals surface area contributed by atoms with Gasteiger partial charge in [-0.2, -0.15) is 0 Å². The van der Waals surface area contributed by atoms with Gasteiger partial charge in [0.25, 0.3) is 0 Å². The van der Waals surface area contributed by atoms with Crippen LogP contribution in [0.1, 0.15) is 31.2 Å². The SMILES string of the molecule is O=C(NCC1(CO)CC1)C1CCCN(Cc2cccc(F)c2)C1. The molecule has 0 radical (unpaired) electrons. The second-order valence-corrected chi connectivity index (χ2v) is 7.08. The van der Waals surface area contributed by atoms with Crippen LogP contribution in [0.3, 0.4) is 0 Å². The van der Waals surface area contributed by atoms with Gasteiger partial charge < -0.3 is 10.4 Å². The number of hydrogen-bond acceptors (Lipinski definition) is 3. The predicted octanol–water partition coefficient (Wildman–Crippen LogP) is 1.93. The van der Waals surface area contributed by atoms with Gasteiger partial charge >= 0.3 is 0 Å². The Kier molecular flexibility index (Phi) is 4.97.